The normalized spacial score (nSPS) is 15.9. The quantitative estimate of drug-likeness (QED) is 0.601. The number of fused-ring (bicyclic) bond motifs is 1. The number of Topliss-reactive ketones (excluding diaryl/α,β-unsaturated/α-hetero) is 1. The van der Waals surface area contributed by atoms with E-state index in [-0.39, 0.29) is 18.3 Å². The van der Waals surface area contributed by atoms with Crippen LogP contribution in [-0.2, 0) is 11.2 Å². The van der Waals surface area contributed by atoms with Gasteiger partial charge in [0.15, 0.2) is 5.78 Å². The van der Waals surface area contributed by atoms with E-state index in [1.807, 2.05) is 54.6 Å². The highest BCUT2D eigenvalue weighted by atomic mass is 35.5. The first-order valence-electron chi connectivity index (χ1n) is 9.35. The molecule has 0 saturated carbocycles. The molecule has 1 N–H and O–H groups in total. The predicted octanol–water partition coefficient (Wildman–Crippen LogP) is 5.42. The van der Waals surface area contributed by atoms with Gasteiger partial charge >= 0.3 is 5.97 Å². The molecule has 0 bridgehead atoms. The van der Waals surface area contributed by atoms with Crippen molar-refractivity contribution in [2.75, 3.05) is 6.61 Å². The van der Waals surface area contributed by atoms with E-state index in [1.165, 1.54) is 0 Å². The van der Waals surface area contributed by atoms with E-state index in [0.29, 0.717) is 34.7 Å². The SMILES string of the molecule is CCOC(=O)c1[nH]c2c(c1-c1ccccc1)C(=O)CC(c1ccccc1Cl)C2. The van der Waals surface area contributed by atoms with Gasteiger partial charge in [-0.1, -0.05) is 60.1 Å². The maximum Gasteiger partial charge on any atom is 0.355 e. The molecule has 0 aliphatic heterocycles. The third kappa shape index (κ3) is 3.25. The van der Waals surface area contributed by atoms with Crippen LogP contribution in [0.1, 0.15) is 51.4 Å². The molecular weight excluding hydrogens is 374 g/mol. The van der Waals surface area contributed by atoms with Crippen molar-refractivity contribution in [3.8, 4) is 11.1 Å². The lowest BCUT2D eigenvalue weighted by atomic mass is 9.80. The summed E-state index contributed by atoms with van der Waals surface area (Å²) in [6.45, 7) is 2.04. The van der Waals surface area contributed by atoms with E-state index < -0.39 is 5.97 Å². The summed E-state index contributed by atoms with van der Waals surface area (Å²) in [6, 6.07) is 17.1. The zero-order chi connectivity index (χ0) is 19.7. The van der Waals surface area contributed by atoms with Gasteiger partial charge in [0.2, 0.25) is 0 Å². The van der Waals surface area contributed by atoms with Crippen LogP contribution in [0.15, 0.2) is 54.6 Å². The Hall–Kier alpha value is -2.85. The largest absolute Gasteiger partial charge is 0.461 e. The van der Waals surface area contributed by atoms with Gasteiger partial charge in [0.25, 0.3) is 0 Å². The average molecular weight is 394 g/mol. The number of carbonyl (C=O) groups is 2. The fraction of sp³-hybridized carbons (Fsp3) is 0.217. The van der Waals surface area contributed by atoms with E-state index in [4.69, 9.17) is 16.3 Å². The van der Waals surface area contributed by atoms with Crippen LogP contribution in [0.4, 0.5) is 0 Å². The minimum Gasteiger partial charge on any atom is -0.461 e. The minimum absolute atomic E-state index is 0.0109. The Balaban J connectivity index is 1.83. The van der Waals surface area contributed by atoms with Crippen LogP contribution >= 0.6 is 11.6 Å². The Kier molecular flexibility index (Phi) is 5.05. The van der Waals surface area contributed by atoms with Crippen molar-refractivity contribution in [2.45, 2.75) is 25.7 Å². The molecule has 0 amide bonds. The molecule has 5 heteroatoms. The molecule has 4 nitrogen and oxygen atoms in total. The van der Waals surface area contributed by atoms with Crippen LogP contribution in [0.3, 0.4) is 0 Å². The smallest absolute Gasteiger partial charge is 0.355 e. The van der Waals surface area contributed by atoms with Gasteiger partial charge in [-0.3, -0.25) is 4.79 Å². The molecule has 28 heavy (non-hydrogen) atoms. The van der Waals surface area contributed by atoms with E-state index in [2.05, 4.69) is 4.98 Å². The molecule has 4 rings (SSSR count). The van der Waals surface area contributed by atoms with Crippen LogP contribution < -0.4 is 0 Å². The second-order valence-electron chi connectivity index (χ2n) is 6.86. The first-order chi connectivity index (χ1) is 13.6. The second-order valence-corrected chi connectivity index (χ2v) is 7.27. The van der Waals surface area contributed by atoms with Crippen LogP contribution in [0.25, 0.3) is 11.1 Å². The number of hydrogen-bond acceptors (Lipinski definition) is 3. The fourth-order valence-electron chi connectivity index (χ4n) is 3.93. The molecule has 3 aromatic rings. The van der Waals surface area contributed by atoms with Gasteiger partial charge in [-0.05, 0) is 36.5 Å². The summed E-state index contributed by atoms with van der Waals surface area (Å²) in [7, 11) is 0. The molecule has 1 heterocycles. The van der Waals surface area contributed by atoms with Crippen molar-refractivity contribution >= 4 is 23.4 Å². The summed E-state index contributed by atoms with van der Waals surface area (Å²) in [5, 5.41) is 0.657. The topological polar surface area (TPSA) is 59.2 Å². The zero-order valence-corrected chi connectivity index (χ0v) is 16.3. The number of ketones is 1. The van der Waals surface area contributed by atoms with Gasteiger partial charge in [-0.15, -0.1) is 0 Å². The van der Waals surface area contributed by atoms with E-state index >= 15 is 0 Å². The third-order valence-electron chi connectivity index (χ3n) is 5.13. The Morgan fingerprint density at radius 3 is 2.50 bits per heavy atom. The molecule has 0 spiro atoms. The molecule has 0 saturated heterocycles. The predicted molar refractivity (Wildman–Crippen MR) is 109 cm³/mol. The van der Waals surface area contributed by atoms with Crippen molar-refractivity contribution in [3.05, 3.63) is 82.1 Å². The summed E-state index contributed by atoms with van der Waals surface area (Å²) in [5.74, 6) is -0.458. The summed E-state index contributed by atoms with van der Waals surface area (Å²) >= 11 is 6.36. The van der Waals surface area contributed by atoms with E-state index in [9.17, 15) is 9.59 Å². The first-order valence-corrected chi connectivity index (χ1v) is 9.73. The van der Waals surface area contributed by atoms with Crippen LogP contribution in [0.2, 0.25) is 5.02 Å². The zero-order valence-electron chi connectivity index (χ0n) is 15.5. The molecule has 0 fully saturated rings. The molecule has 0 radical (unpaired) electrons. The molecule has 1 aliphatic rings. The number of rotatable bonds is 4. The Labute approximate surface area is 168 Å². The highest BCUT2D eigenvalue weighted by Crippen LogP contribution is 2.41. The number of H-pyrrole nitrogens is 1. The maximum atomic E-state index is 13.2. The highest BCUT2D eigenvalue weighted by molar-refractivity contribution is 6.31. The molecular formula is C23H20ClNO3. The van der Waals surface area contributed by atoms with Gasteiger partial charge in [0.1, 0.15) is 5.69 Å². The summed E-state index contributed by atoms with van der Waals surface area (Å²) < 4.78 is 5.23. The summed E-state index contributed by atoms with van der Waals surface area (Å²) in [5.41, 5.74) is 4.12. The minimum atomic E-state index is -0.446. The molecule has 1 aliphatic carbocycles. The van der Waals surface area contributed by atoms with Crippen molar-refractivity contribution in [3.63, 3.8) is 0 Å². The Morgan fingerprint density at radius 1 is 1.07 bits per heavy atom. The van der Waals surface area contributed by atoms with Crippen LogP contribution in [0.5, 0.6) is 0 Å². The molecule has 1 atom stereocenters. The number of halogens is 1. The number of aromatic amines is 1. The summed E-state index contributed by atoms with van der Waals surface area (Å²) in [4.78, 5) is 28.9. The fourth-order valence-corrected chi connectivity index (χ4v) is 4.22. The maximum absolute atomic E-state index is 13.2. The Morgan fingerprint density at radius 2 is 1.79 bits per heavy atom. The van der Waals surface area contributed by atoms with Crippen molar-refractivity contribution in [1.29, 1.82) is 0 Å². The number of nitrogens with one attached hydrogen (secondary N) is 1. The van der Waals surface area contributed by atoms with Crippen molar-refractivity contribution < 1.29 is 14.3 Å². The van der Waals surface area contributed by atoms with Gasteiger partial charge in [-0.2, -0.15) is 0 Å². The van der Waals surface area contributed by atoms with E-state index in [0.717, 1.165) is 16.8 Å². The van der Waals surface area contributed by atoms with Gasteiger partial charge in [0.05, 0.1) is 6.61 Å². The highest BCUT2D eigenvalue weighted by Gasteiger charge is 2.34. The number of benzene rings is 2. The molecule has 1 unspecified atom stereocenters. The lowest BCUT2D eigenvalue weighted by Gasteiger charge is -2.23. The summed E-state index contributed by atoms with van der Waals surface area (Å²) in [6.07, 6.45) is 0.973. The monoisotopic (exact) mass is 393 g/mol. The van der Waals surface area contributed by atoms with Crippen LogP contribution in [0, 0.1) is 0 Å². The third-order valence-corrected chi connectivity index (χ3v) is 5.47. The standard InChI is InChI=1S/C23H20ClNO3/c1-2-28-23(27)22-20(14-8-4-3-5-9-14)21-18(25-22)12-15(13-19(21)26)16-10-6-7-11-17(16)24/h3-11,15,25H,2,12-13H2,1H3. The van der Waals surface area contributed by atoms with E-state index in [1.54, 1.807) is 6.92 Å². The number of esters is 1. The Bertz CT molecular complexity index is 1040. The number of aromatic nitrogens is 1. The molecule has 2 aromatic carbocycles. The molecule has 142 valence electrons. The number of carbonyl (C=O) groups excluding carboxylic acids is 2. The lowest BCUT2D eigenvalue weighted by molar-refractivity contribution is 0.0521. The average Bonchev–Trinajstić information content (AvgIpc) is 3.09. The van der Waals surface area contributed by atoms with Crippen LogP contribution in [-0.4, -0.2) is 23.3 Å². The second kappa shape index (κ2) is 7.64. The van der Waals surface area contributed by atoms with Gasteiger partial charge in [-0.25, -0.2) is 4.79 Å². The number of ether oxygens (including phenoxy) is 1. The van der Waals surface area contributed by atoms with Gasteiger partial charge < -0.3 is 9.72 Å². The van der Waals surface area contributed by atoms with Crippen molar-refractivity contribution in [2.24, 2.45) is 0 Å². The van der Waals surface area contributed by atoms with Gasteiger partial charge in [0, 0.05) is 28.3 Å². The number of hydrogen-bond donors (Lipinski definition) is 1. The lowest BCUT2D eigenvalue weighted by Crippen LogP contribution is -2.18. The molecule has 1 aromatic heterocycles. The first kappa shape index (κ1) is 18.5. The van der Waals surface area contributed by atoms with Crippen molar-refractivity contribution in [1.82, 2.24) is 4.98 Å².